The first-order chi connectivity index (χ1) is 7.59. The molecule has 0 amide bonds. The highest BCUT2D eigenvalue weighted by atomic mass is 35.5. The van der Waals surface area contributed by atoms with Crippen LogP contribution in [0.3, 0.4) is 0 Å². The Labute approximate surface area is 106 Å². The summed E-state index contributed by atoms with van der Waals surface area (Å²) in [6.07, 6.45) is 2.59. The summed E-state index contributed by atoms with van der Waals surface area (Å²) in [4.78, 5) is 0. The molecule has 1 saturated heterocycles. The Kier molecular flexibility index (Phi) is 3.55. The van der Waals surface area contributed by atoms with Gasteiger partial charge in [0, 0.05) is 16.3 Å². The van der Waals surface area contributed by atoms with Crippen molar-refractivity contribution in [2.24, 2.45) is 0 Å². The zero-order valence-electron chi connectivity index (χ0n) is 9.42. The minimum Gasteiger partial charge on any atom is -0.397 e. The minimum atomic E-state index is 0.353. The van der Waals surface area contributed by atoms with Crippen molar-refractivity contribution in [3.63, 3.8) is 0 Å². The first kappa shape index (κ1) is 11.9. The highest BCUT2D eigenvalue weighted by Crippen LogP contribution is 2.38. The van der Waals surface area contributed by atoms with Crippen LogP contribution in [-0.2, 0) is 0 Å². The topological polar surface area (TPSA) is 38.0 Å². The Morgan fingerprint density at radius 3 is 3.00 bits per heavy atom. The van der Waals surface area contributed by atoms with Crippen LogP contribution < -0.4 is 11.1 Å². The van der Waals surface area contributed by atoms with Gasteiger partial charge < -0.3 is 11.1 Å². The van der Waals surface area contributed by atoms with E-state index in [1.54, 1.807) is 6.07 Å². The van der Waals surface area contributed by atoms with Crippen LogP contribution in [-0.4, -0.2) is 17.0 Å². The third-order valence-electron chi connectivity index (χ3n) is 2.97. The largest absolute Gasteiger partial charge is 0.397 e. The fourth-order valence-electron chi connectivity index (χ4n) is 1.95. The number of benzene rings is 1. The Bertz CT molecular complexity index is 375. The molecule has 2 nitrogen and oxygen atoms in total. The Balaban J connectivity index is 1.99. The molecular formula is C12H17ClN2S. The molecule has 2 rings (SSSR count). The maximum Gasteiger partial charge on any atom is 0.0575 e. The van der Waals surface area contributed by atoms with Crippen molar-refractivity contribution in [1.82, 2.24) is 0 Å². The fraction of sp³-hybridized carbons (Fsp3) is 0.500. The minimum absolute atomic E-state index is 0.353. The molecule has 1 unspecified atom stereocenters. The first-order valence-electron chi connectivity index (χ1n) is 5.52. The Morgan fingerprint density at radius 2 is 2.38 bits per heavy atom. The van der Waals surface area contributed by atoms with Crippen LogP contribution in [0.4, 0.5) is 11.4 Å². The van der Waals surface area contributed by atoms with Crippen LogP contribution in [0.5, 0.6) is 0 Å². The normalized spacial score (nSPS) is 24.6. The molecule has 1 aliphatic heterocycles. The number of thioether (sulfide) groups is 1. The lowest BCUT2D eigenvalue weighted by Gasteiger charge is -2.24. The van der Waals surface area contributed by atoms with Crippen LogP contribution in [0.25, 0.3) is 0 Å². The number of halogens is 1. The van der Waals surface area contributed by atoms with Gasteiger partial charge in [0.15, 0.2) is 0 Å². The lowest BCUT2D eigenvalue weighted by atomic mass is 10.1. The molecule has 3 N–H and O–H groups in total. The Morgan fingerprint density at radius 1 is 1.56 bits per heavy atom. The third-order valence-corrected chi connectivity index (χ3v) is 4.74. The van der Waals surface area contributed by atoms with E-state index in [1.165, 1.54) is 18.6 Å². The van der Waals surface area contributed by atoms with Gasteiger partial charge in [-0.25, -0.2) is 0 Å². The number of nitrogens with two attached hydrogens (primary N) is 1. The number of anilines is 2. The predicted molar refractivity (Wildman–Crippen MR) is 74.5 cm³/mol. The standard InChI is InChI=1S/C12H17ClN2S/c1-12(5-2-6-16-12)8-15-11-4-3-9(13)7-10(11)14/h3-4,7,15H,2,5-6,8,14H2,1H3. The smallest absolute Gasteiger partial charge is 0.0575 e. The highest BCUT2D eigenvalue weighted by molar-refractivity contribution is 8.00. The average molecular weight is 257 g/mol. The second kappa shape index (κ2) is 4.76. The molecule has 0 radical (unpaired) electrons. The molecule has 0 aliphatic carbocycles. The van der Waals surface area contributed by atoms with E-state index in [1.807, 2.05) is 23.9 Å². The summed E-state index contributed by atoms with van der Waals surface area (Å²) in [5.74, 6) is 1.27. The SMILES string of the molecule is CC1(CNc2ccc(Cl)cc2N)CCCS1. The molecule has 1 aromatic carbocycles. The third kappa shape index (κ3) is 2.77. The quantitative estimate of drug-likeness (QED) is 0.812. The van der Waals surface area contributed by atoms with Crippen molar-refractivity contribution < 1.29 is 0 Å². The van der Waals surface area contributed by atoms with Crippen LogP contribution in [0.15, 0.2) is 18.2 Å². The van der Waals surface area contributed by atoms with Crippen molar-refractivity contribution in [2.75, 3.05) is 23.3 Å². The molecule has 1 atom stereocenters. The summed E-state index contributed by atoms with van der Waals surface area (Å²) in [6.45, 7) is 3.27. The number of nitrogen functional groups attached to an aromatic ring is 1. The monoisotopic (exact) mass is 256 g/mol. The first-order valence-corrected chi connectivity index (χ1v) is 6.88. The van der Waals surface area contributed by atoms with Gasteiger partial charge in [0.2, 0.25) is 0 Å². The zero-order valence-corrected chi connectivity index (χ0v) is 11.0. The molecule has 1 aromatic rings. The van der Waals surface area contributed by atoms with Crippen molar-refractivity contribution in [1.29, 1.82) is 0 Å². The number of nitrogens with one attached hydrogen (secondary N) is 1. The van der Waals surface area contributed by atoms with Gasteiger partial charge in [-0.15, -0.1) is 0 Å². The summed E-state index contributed by atoms with van der Waals surface area (Å²) in [7, 11) is 0. The highest BCUT2D eigenvalue weighted by Gasteiger charge is 2.29. The van der Waals surface area contributed by atoms with E-state index in [0.717, 1.165) is 17.9 Å². The fourth-order valence-corrected chi connectivity index (χ4v) is 3.38. The van der Waals surface area contributed by atoms with Crippen molar-refractivity contribution in [3.8, 4) is 0 Å². The second-order valence-electron chi connectivity index (χ2n) is 4.49. The van der Waals surface area contributed by atoms with E-state index in [2.05, 4.69) is 12.2 Å². The average Bonchev–Trinajstić information content (AvgIpc) is 2.64. The van der Waals surface area contributed by atoms with Crippen LogP contribution in [0.1, 0.15) is 19.8 Å². The molecule has 0 spiro atoms. The molecule has 0 saturated carbocycles. The molecule has 1 heterocycles. The maximum atomic E-state index is 5.90. The van der Waals surface area contributed by atoms with Gasteiger partial charge in [-0.3, -0.25) is 0 Å². The summed E-state index contributed by atoms with van der Waals surface area (Å²) < 4.78 is 0.353. The predicted octanol–water partition coefficient (Wildman–Crippen LogP) is 3.62. The zero-order chi connectivity index (χ0) is 11.6. The molecule has 0 aromatic heterocycles. The van der Waals surface area contributed by atoms with E-state index in [-0.39, 0.29) is 0 Å². The van der Waals surface area contributed by atoms with Gasteiger partial charge in [0.1, 0.15) is 0 Å². The van der Waals surface area contributed by atoms with E-state index < -0.39 is 0 Å². The summed E-state index contributed by atoms with van der Waals surface area (Å²) in [5.41, 5.74) is 7.60. The van der Waals surface area contributed by atoms with Crippen molar-refractivity contribution in [2.45, 2.75) is 24.5 Å². The molecule has 1 fully saturated rings. The van der Waals surface area contributed by atoms with Gasteiger partial charge in [-0.05, 0) is 43.7 Å². The van der Waals surface area contributed by atoms with E-state index in [4.69, 9.17) is 17.3 Å². The van der Waals surface area contributed by atoms with Gasteiger partial charge in [0.25, 0.3) is 0 Å². The van der Waals surface area contributed by atoms with Crippen molar-refractivity contribution >= 4 is 34.7 Å². The molecule has 16 heavy (non-hydrogen) atoms. The van der Waals surface area contributed by atoms with E-state index in [0.29, 0.717) is 9.77 Å². The molecular weight excluding hydrogens is 240 g/mol. The maximum absolute atomic E-state index is 5.90. The molecule has 1 aliphatic rings. The van der Waals surface area contributed by atoms with Crippen LogP contribution >= 0.6 is 23.4 Å². The summed E-state index contributed by atoms with van der Waals surface area (Å²) in [5, 5.41) is 4.10. The lowest BCUT2D eigenvalue weighted by Crippen LogP contribution is -2.27. The number of hydrogen-bond acceptors (Lipinski definition) is 3. The molecule has 88 valence electrons. The second-order valence-corrected chi connectivity index (χ2v) is 6.61. The Hall–Kier alpha value is -0.540. The van der Waals surface area contributed by atoms with Gasteiger partial charge in [0.05, 0.1) is 11.4 Å². The number of rotatable bonds is 3. The van der Waals surface area contributed by atoms with Gasteiger partial charge in [-0.2, -0.15) is 11.8 Å². The van der Waals surface area contributed by atoms with Crippen LogP contribution in [0.2, 0.25) is 5.02 Å². The number of hydrogen-bond donors (Lipinski definition) is 2. The summed E-state index contributed by atoms with van der Waals surface area (Å²) in [6, 6.07) is 5.60. The molecule has 0 bridgehead atoms. The van der Waals surface area contributed by atoms with E-state index in [9.17, 15) is 0 Å². The lowest BCUT2D eigenvalue weighted by molar-refractivity contribution is 0.635. The molecule has 4 heteroatoms. The van der Waals surface area contributed by atoms with E-state index >= 15 is 0 Å². The van der Waals surface area contributed by atoms with Gasteiger partial charge >= 0.3 is 0 Å². The van der Waals surface area contributed by atoms with Crippen molar-refractivity contribution in [3.05, 3.63) is 23.2 Å². The van der Waals surface area contributed by atoms with Gasteiger partial charge in [-0.1, -0.05) is 11.6 Å². The van der Waals surface area contributed by atoms with Crippen LogP contribution in [0, 0.1) is 0 Å². The summed E-state index contributed by atoms with van der Waals surface area (Å²) >= 11 is 7.90.